The summed E-state index contributed by atoms with van der Waals surface area (Å²) in [5, 5.41) is 0. The van der Waals surface area contributed by atoms with Crippen LogP contribution in [-0.2, 0) is 9.53 Å². The molecule has 0 aliphatic carbocycles. The fraction of sp³-hybridized carbons (Fsp3) is 0.964. The van der Waals surface area contributed by atoms with Gasteiger partial charge in [-0.1, -0.05) is 137 Å². The number of carbonyl (C=O) groups excluding carboxylic acids is 1. The van der Waals surface area contributed by atoms with Gasteiger partial charge in [-0.3, -0.25) is 4.79 Å². The van der Waals surface area contributed by atoms with Crippen molar-refractivity contribution in [3.05, 3.63) is 0 Å². The molecule has 0 bridgehead atoms. The van der Waals surface area contributed by atoms with E-state index in [9.17, 15) is 4.79 Å². The third kappa shape index (κ3) is 19.4. The van der Waals surface area contributed by atoms with Crippen molar-refractivity contribution in [1.82, 2.24) is 0 Å². The average molecular weight is 425 g/mol. The SMILES string of the molecule is CCCCCCCCCC(CCCCCCCC)COC(=O)C(C)CCCCCC. The van der Waals surface area contributed by atoms with Crippen molar-refractivity contribution in [1.29, 1.82) is 0 Å². The summed E-state index contributed by atoms with van der Waals surface area (Å²) in [5.74, 6) is 0.678. The number of ether oxygens (including phenoxy) is 1. The van der Waals surface area contributed by atoms with Crippen molar-refractivity contribution >= 4 is 5.97 Å². The lowest BCUT2D eigenvalue weighted by atomic mass is 9.94. The molecule has 0 amide bonds. The molecule has 0 fully saturated rings. The minimum atomic E-state index is 0.0407. The molecule has 2 heteroatoms. The van der Waals surface area contributed by atoms with E-state index in [-0.39, 0.29) is 11.9 Å². The molecule has 0 heterocycles. The molecule has 0 aromatic carbocycles. The summed E-state index contributed by atoms with van der Waals surface area (Å²) in [5.41, 5.74) is 0. The zero-order chi connectivity index (χ0) is 22.3. The van der Waals surface area contributed by atoms with Crippen LogP contribution in [0.5, 0.6) is 0 Å². The Hall–Kier alpha value is -0.530. The lowest BCUT2D eigenvalue weighted by molar-refractivity contribution is -0.149. The van der Waals surface area contributed by atoms with E-state index < -0.39 is 0 Å². The second-order valence-electron chi connectivity index (χ2n) is 9.71. The van der Waals surface area contributed by atoms with Gasteiger partial charge in [0, 0.05) is 0 Å². The number of hydrogen-bond donors (Lipinski definition) is 0. The zero-order valence-corrected chi connectivity index (χ0v) is 21.3. The van der Waals surface area contributed by atoms with Gasteiger partial charge in [-0.25, -0.2) is 0 Å². The topological polar surface area (TPSA) is 26.3 Å². The van der Waals surface area contributed by atoms with Gasteiger partial charge in [0.1, 0.15) is 0 Å². The lowest BCUT2D eigenvalue weighted by Gasteiger charge is -2.19. The molecule has 0 rings (SSSR count). The zero-order valence-electron chi connectivity index (χ0n) is 21.3. The fourth-order valence-electron chi connectivity index (χ4n) is 4.25. The minimum absolute atomic E-state index is 0.0407. The highest BCUT2D eigenvalue weighted by Gasteiger charge is 2.17. The van der Waals surface area contributed by atoms with Crippen molar-refractivity contribution in [2.45, 2.75) is 156 Å². The monoisotopic (exact) mass is 424 g/mol. The van der Waals surface area contributed by atoms with Gasteiger partial charge in [0.05, 0.1) is 12.5 Å². The summed E-state index contributed by atoms with van der Waals surface area (Å²) in [4.78, 5) is 12.4. The maximum absolute atomic E-state index is 12.4. The number of hydrogen-bond acceptors (Lipinski definition) is 2. The van der Waals surface area contributed by atoms with E-state index >= 15 is 0 Å². The van der Waals surface area contributed by atoms with E-state index in [0.29, 0.717) is 12.5 Å². The Morgan fingerprint density at radius 1 is 0.567 bits per heavy atom. The van der Waals surface area contributed by atoms with Crippen LogP contribution in [0.2, 0.25) is 0 Å². The van der Waals surface area contributed by atoms with Gasteiger partial charge in [0.2, 0.25) is 0 Å². The molecule has 180 valence electrons. The molecule has 0 aliphatic rings. The lowest BCUT2D eigenvalue weighted by Crippen LogP contribution is -2.20. The summed E-state index contributed by atoms with van der Waals surface area (Å²) in [6.45, 7) is 9.49. The highest BCUT2D eigenvalue weighted by Crippen LogP contribution is 2.21. The van der Waals surface area contributed by atoms with Crippen LogP contribution >= 0.6 is 0 Å². The van der Waals surface area contributed by atoms with E-state index in [1.165, 1.54) is 116 Å². The van der Waals surface area contributed by atoms with E-state index in [4.69, 9.17) is 4.74 Å². The van der Waals surface area contributed by atoms with Crippen molar-refractivity contribution in [2.24, 2.45) is 11.8 Å². The molecule has 0 aliphatic heterocycles. The summed E-state index contributed by atoms with van der Waals surface area (Å²) >= 11 is 0. The highest BCUT2D eigenvalue weighted by atomic mass is 16.5. The molecule has 0 spiro atoms. The van der Waals surface area contributed by atoms with Gasteiger partial charge in [0.25, 0.3) is 0 Å². The van der Waals surface area contributed by atoms with Crippen molar-refractivity contribution in [2.75, 3.05) is 6.61 Å². The number of carbonyl (C=O) groups is 1. The van der Waals surface area contributed by atoms with E-state index in [1.807, 2.05) is 6.92 Å². The molecule has 30 heavy (non-hydrogen) atoms. The van der Waals surface area contributed by atoms with Crippen molar-refractivity contribution < 1.29 is 9.53 Å². The smallest absolute Gasteiger partial charge is 0.308 e. The van der Waals surface area contributed by atoms with Crippen LogP contribution in [0.3, 0.4) is 0 Å². The molecule has 0 saturated heterocycles. The van der Waals surface area contributed by atoms with Crippen LogP contribution in [0.15, 0.2) is 0 Å². The normalized spacial score (nSPS) is 13.3. The summed E-state index contributed by atoms with van der Waals surface area (Å²) < 4.78 is 5.79. The second-order valence-corrected chi connectivity index (χ2v) is 9.71. The largest absolute Gasteiger partial charge is 0.465 e. The number of esters is 1. The minimum Gasteiger partial charge on any atom is -0.465 e. The Kier molecular flexibility index (Phi) is 22.7. The maximum Gasteiger partial charge on any atom is 0.308 e. The van der Waals surface area contributed by atoms with Gasteiger partial charge < -0.3 is 4.74 Å². The van der Waals surface area contributed by atoms with Gasteiger partial charge in [-0.15, -0.1) is 0 Å². The number of unbranched alkanes of at least 4 members (excludes halogenated alkanes) is 14. The summed E-state index contributed by atoms with van der Waals surface area (Å²) in [6, 6.07) is 0. The molecule has 0 aromatic heterocycles. The molecule has 0 aromatic rings. The molecule has 2 unspecified atom stereocenters. The van der Waals surface area contributed by atoms with Crippen LogP contribution in [0.25, 0.3) is 0 Å². The molecule has 2 atom stereocenters. The Morgan fingerprint density at radius 3 is 1.40 bits per heavy atom. The van der Waals surface area contributed by atoms with E-state index in [0.717, 1.165) is 12.8 Å². The van der Waals surface area contributed by atoms with Gasteiger partial charge in [-0.05, 0) is 25.2 Å². The molecule has 0 saturated carbocycles. The Balaban J connectivity index is 4.14. The van der Waals surface area contributed by atoms with E-state index in [1.54, 1.807) is 0 Å². The molecular formula is C28H56O2. The second kappa shape index (κ2) is 23.1. The standard InChI is InChI=1S/C28H56O2/c1-5-8-11-14-16-18-21-24-27(23-20-17-15-12-9-6-2)25-30-28(29)26(4)22-19-13-10-7-3/h26-27H,5-25H2,1-4H3. The molecule has 0 N–H and O–H groups in total. The van der Waals surface area contributed by atoms with Crippen molar-refractivity contribution in [3.8, 4) is 0 Å². The van der Waals surface area contributed by atoms with Gasteiger partial charge >= 0.3 is 5.97 Å². The van der Waals surface area contributed by atoms with Crippen LogP contribution in [0, 0.1) is 11.8 Å². The predicted molar refractivity (Wildman–Crippen MR) is 133 cm³/mol. The predicted octanol–water partition coefficient (Wildman–Crippen LogP) is 9.64. The van der Waals surface area contributed by atoms with Crippen LogP contribution in [0.4, 0.5) is 0 Å². The summed E-state index contributed by atoms with van der Waals surface area (Å²) in [6.07, 6.45) is 26.0. The summed E-state index contributed by atoms with van der Waals surface area (Å²) in [7, 11) is 0. The van der Waals surface area contributed by atoms with Crippen LogP contribution in [0.1, 0.15) is 156 Å². The number of rotatable bonds is 23. The molecular weight excluding hydrogens is 368 g/mol. The Morgan fingerprint density at radius 2 is 0.933 bits per heavy atom. The quantitative estimate of drug-likeness (QED) is 0.120. The van der Waals surface area contributed by atoms with Crippen LogP contribution in [-0.4, -0.2) is 12.6 Å². The first-order valence-electron chi connectivity index (χ1n) is 13.8. The van der Waals surface area contributed by atoms with Gasteiger partial charge in [0.15, 0.2) is 0 Å². The Bertz CT molecular complexity index is 353. The maximum atomic E-state index is 12.4. The third-order valence-corrected chi connectivity index (χ3v) is 6.54. The van der Waals surface area contributed by atoms with E-state index in [2.05, 4.69) is 20.8 Å². The first kappa shape index (κ1) is 29.5. The first-order chi connectivity index (χ1) is 14.7. The van der Waals surface area contributed by atoms with Gasteiger partial charge in [-0.2, -0.15) is 0 Å². The first-order valence-corrected chi connectivity index (χ1v) is 13.8. The fourth-order valence-corrected chi connectivity index (χ4v) is 4.25. The highest BCUT2D eigenvalue weighted by molar-refractivity contribution is 5.71. The molecule has 2 nitrogen and oxygen atoms in total. The van der Waals surface area contributed by atoms with Crippen LogP contribution < -0.4 is 0 Å². The third-order valence-electron chi connectivity index (χ3n) is 6.54. The average Bonchev–Trinajstić information content (AvgIpc) is 2.75. The van der Waals surface area contributed by atoms with Crippen molar-refractivity contribution in [3.63, 3.8) is 0 Å². The Labute approximate surface area is 190 Å². The molecule has 0 radical (unpaired) electrons.